The van der Waals surface area contributed by atoms with Crippen molar-refractivity contribution in [3.05, 3.63) is 51.7 Å². The van der Waals surface area contributed by atoms with E-state index in [1.54, 1.807) is 5.38 Å². The molecule has 3 nitrogen and oxygen atoms in total. The third-order valence-electron chi connectivity index (χ3n) is 5.71. The number of carbonyl (C=O) groups is 1. The Hall–Kier alpha value is -0.546. The predicted octanol–water partition coefficient (Wildman–Crippen LogP) is 5.51. The molecule has 1 aromatic heterocycles. The molecule has 143 valence electrons. The number of ether oxygens (including phenoxy) is 2. The first-order valence-corrected chi connectivity index (χ1v) is 10.2. The fourth-order valence-electron chi connectivity index (χ4n) is 3.55. The average Bonchev–Trinajstić information content (AvgIpc) is 3.10. The standard InChI is InChI=1S/C22H27O3S.Y/c1-6-18-15(4)14(3)16(5)22(24-18)25-19-11-12-26-21(19)20(23)17-9-7-13(2)8-10-17;/h7-10,12,14-16,18,22H,6H2,1-5H3;/q-1;. The Morgan fingerprint density at radius 2 is 1.81 bits per heavy atom. The van der Waals surface area contributed by atoms with Crippen molar-refractivity contribution in [2.24, 2.45) is 17.8 Å². The van der Waals surface area contributed by atoms with Crippen LogP contribution in [-0.4, -0.2) is 18.2 Å². The van der Waals surface area contributed by atoms with Crippen LogP contribution in [0.2, 0.25) is 0 Å². The van der Waals surface area contributed by atoms with E-state index >= 15 is 0 Å². The van der Waals surface area contributed by atoms with Gasteiger partial charge in [-0.1, -0.05) is 57.5 Å². The van der Waals surface area contributed by atoms with Crippen molar-refractivity contribution in [2.75, 3.05) is 0 Å². The number of ketones is 1. The van der Waals surface area contributed by atoms with E-state index in [1.165, 1.54) is 11.3 Å². The van der Waals surface area contributed by atoms with Crippen molar-refractivity contribution in [1.29, 1.82) is 0 Å². The molecular formula is C22H27O3SY-. The van der Waals surface area contributed by atoms with E-state index in [2.05, 4.69) is 33.8 Å². The number of carbonyl (C=O) groups excluding carboxylic acids is 1. The quantitative estimate of drug-likeness (QED) is 0.436. The van der Waals surface area contributed by atoms with Crippen LogP contribution in [0.3, 0.4) is 0 Å². The molecular weight excluding hydrogens is 433 g/mol. The van der Waals surface area contributed by atoms with E-state index in [0.717, 1.165) is 12.0 Å². The summed E-state index contributed by atoms with van der Waals surface area (Å²) in [5.74, 6) is 1.73. The molecule has 0 saturated carbocycles. The minimum absolute atomic E-state index is 0. The fourth-order valence-corrected chi connectivity index (χ4v) is 4.27. The molecule has 1 aliphatic heterocycles. The molecule has 1 saturated heterocycles. The van der Waals surface area contributed by atoms with Gasteiger partial charge in [-0.05, 0) is 35.8 Å². The summed E-state index contributed by atoms with van der Waals surface area (Å²) in [5.41, 5.74) is 1.80. The van der Waals surface area contributed by atoms with Crippen molar-refractivity contribution in [2.45, 2.75) is 53.4 Å². The second-order valence-corrected chi connectivity index (χ2v) is 8.26. The van der Waals surface area contributed by atoms with Gasteiger partial charge in [-0.2, -0.15) is 6.07 Å². The zero-order chi connectivity index (χ0) is 18.8. The Morgan fingerprint density at radius 1 is 1.15 bits per heavy atom. The molecule has 0 bridgehead atoms. The maximum absolute atomic E-state index is 12.9. The topological polar surface area (TPSA) is 35.5 Å². The van der Waals surface area contributed by atoms with Gasteiger partial charge in [-0.15, -0.1) is 5.38 Å². The molecule has 5 atom stereocenters. The van der Waals surface area contributed by atoms with Crippen LogP contribution >= 0.6 is 11.3 Å². The second kappa shape index (κ2) is 9.78. The molecule has 0 amide bonds. The van der Waals surface area contributed by atoms with Crippen molar-refractivity contribution >= 4 is 17.1 Å². The van der Waals surface area contributed by atoms with Crippen LogP contribution in [0.15, 0.2) is 29.6 Å². The van der Waals surface area contributed by atoms with Gasteiger partial charge in [0.05, 0.1) is 6.10 Å². The van der Waals surface area contributed by atoms with Crippen LogP contribution in [-0.2, 0) is 37.4 Å². The van der Waals surface area contributed by atoms with E-state index in [9.17, 15) is 4.79 Å². The number of aryl methyl sites for hydroxylation is 1. The molecule has 2 aromatic rings. The monoisotopic (exact) mass is 460 g/mol. The summed E-state index contributed by atoms with van der Waals surface area (Å²) in [4.78, 5) is 13.5. The van der Waals surface area contributed by atoms with E-state index in [1.807, 2.05) is 31.2 Å². The molecule has 1 fully saturated rings. The van der Waals surface area contributed by atoms with Crippen LogP contribution in [0.5, 0.6) is 5.75 Å². The smallest absolute Gasteiger partial charge is 0.198 e. The van der Waals surface area contributed by atoms with E-state index < -0.39 is 0 Å². The molecule has 3 rings (SSSR count). The third-order valence-corrected chi connectivity index (χ3v) is 6.55. The molecule has 1 aromatic carbocycles. The van der Waals surface area contributed by atoms with Crippen LogP contribution in [0.1, 0.15) is 54.9 Å². The molecule has 0 N–H and O–H groups in total. The molecule has 1 aliphatic rings. The zero-order valence-electron chi connectivity index (χ0n) is 16.7. The Balaban J connectivity index is 0.00000261. The molecule has 2 heterocycles. The van der Waals surface area contributed by atoms with Gasteiger partial charge >= 0.3 is 0 Å². The summed E-state index contributed by atoms with van der Waals surface area (Å²) in [6.07, 6.45) is 0.795. The number of benzene rings is 1. The molecule has 0 aliphatic carbocycles. The maximum atomic E-state index is 12.9. The average molecular weight is 460 g/mol. The number of rotatable bonds is 5. The third kappa shape index (κ3) is 4.90. The Bertz CT molecular complexity index is 753. The van der Waals surface area contributed by atoms with Crippen molar-refractivity contribution < 1.29 is 47.0 Å². The van der Waals surface area contributed by atoms with Crippen LogP contribution in [0, 0.1) is 30.7 Å². The summed E-state index contributed by atoms with van der Waals surface area (Å²) in [5, 5.41) is 1.79. The van der Waals surface area contributed by atoms with Gasteiger partial charge in [0, 0.05) is 44.2 Å². The van der Waals surface area contributed by atoms with Crippen molar-refractivity contribution in [3.8, 4) is 5.75 Å². The SMILES string of the molecule is CCC1OC(Oc2[c-]csc2C(=O)c2ccc(C)cc2)C(C)C(C)C1C.[Y]. The summed E-state index contributed by atoms with van der Waals surface area (Å²) in [7, 11) is 0. The summed E-state index contributed by atoms with van der Waals surface area (Å²) in [6.45, 7) is 10.8. The van der Waals surface area contributed by atoms with E-state index in [0.29, 0.717) is 28.0 Å². The van der Waals surface area contributed by atoms with Crippen LogP contribution < -0.4 is 4.74 Å². The normalized spacial score (nSPS) is 27.7. The zero-order valence-corrected chi connectivity index (χ0v) is 20.3. The van der Waals surface area contributed by atoms with Crippen molar-refractivity contribution in [3.63, 3.8) is 0 Å². The van der Waals surface area contributed by atoms with E-state index in [-0.39, 0.29) is 56.8 Å². The Labute approximate surface area is 191 Å². The molecule has 5 heteroatoms. The largest absolute Gasteiger partial charge is 0.501 e. The molecule has 0 spiro atoms. The van der Waals surface area contributed by atoms with Crippen LogP contribution in [0.25, 0.3) is 0 Å². The minimum Gasteiger partial charge on any atom is -0.501 e. The molecule has 5 unspecified atom stereocenters. The first-order valence-electron chi connectivity index (χ1n) is 9.35. The minimum atomic E-state index is -0.346. The van der Waals surface area contributed by atoms with Gasteiger partial charge in [0.1, 0.15) is 5.78 Å². The first-order chi connectivity index (χ1) is 12.4. The fraction of sp³-hybridized carbons (Fsp3) is 0.500. The summed E-state index contributed by atoms with van der Waals surface area (Å²) in [6, 6.07) is 10.7. The predicted molar refractivity (Wildman–Crippen MR) is 105 cm³/mol. The Morgan fingerprint density at radius 3 is 2.44 bits per heavy atom. The molecule has 1 radical (unpaired) electrons. The van der Waals surface area contributed by atoms with Gasteiger partial charge in [0.15, 0.2) is 6.29 Å². The van der Waals surface area contributed by atoms with Gasteiger partial charge in [0.25, 0.3) is 0 Å². The van der Waals surface area contributed by atoms with Gasteiger partial charge in [0.2, 0.25) is 0 Å². The van der Waals surface area contributed by atoms with E-state index in [4.69, 9.17) is 9.47 Å². The first kappa shape index (κ1) is 22.7. The summed E-state index contributed by atoms with van der Waals surface area (Å²) >= 11 is 1.37. The Kier molecular flexibility index (Phi) is 8.24. The van der Waals surface area contributed by atoms with Crippen molar-refractivity contribution in [1.82, 2.24) is 0 Å². The molecule has 27 heavy (non-hydrogen) atoms. The van der Waals surface area contributed by atoms with Gasteiger partial charge < -0.3 is 14.3 Å². The van der Waals surface area contributed by atoms with Crippen LogP contribution in [0.4, 0.5) is 0 Å². The summed E-state index contributed by atoms with van der Waals surface area (Å²) < 4.78 is 12.4. The van der Waals surface area contributed by atoms with Gasteiger partial charge in [-0.3, -0.25) is 11.3 Å². The number of hydrogen-bond donors (Lipinski definition) is 0. The maximum Gasteiger partial charge on any atom is 0.198 e. The number of thiophene rings is 1. The number of hydrogen-bond acceptors (Lipinski definition) is 4. The second-order valence-electron chi connectivity index (χ2n) is 7.38. The van der Waals surface area contributed by atoms with Gasteiger partial charge in [-0.25, -0.2) is 0 Å².